The fourth-order valence-electron chi connectivity index (χ4n) is 2.31. The number of rotatable bonds is 3. The van der Waals surface area contributed by atoms with Crippen molar-refractivity contribution in [1.29, 1.82) is 0 Å². The molecular formula is C18H18BO3Si. The minimum Gasteiger partial charge on any atom is -0.402 e. The number of benzene rings is 3. The molecule has 3 N–H and O–H groups in total. The molecule has 3 rings (SSSR count). The van der Waals surface area contributed by atoms with Gasteiger partial charge in [-0.15, -0.1) is 0 Å². The Morgan fingerprint density at radius 2 is 0.696 bits per heavy atom. The third-order valence-electron chi connectivity index (χ3n) is 3.19. The summed E-state index contributed by atoms with van der Waals surface area (Å²) in [5.74, 6) is 0. The maximum Gasteiger partial charge on any atom is 0.631 e. The monoisotopic (exact) mass is 321 g/mol. The summed E-state index contributed by atoms with van der Waals surface area (Å²) in [6.07, 6.45) is 0. The van der Waals surface area contributed by atoms with Crippen LogP contribution >= 0.6 is 0 Å². The molecule has 0 bridgehead atoms. The summed E-state index contributed by atoms with van der Waals surface area (Å²) < 4.78 is 0. The van der Waals surface area contributed by atoms with Crippen molar-refractivity contribution in [3.63, 3.8) is 0 Å². The first-order valence-electron chi connectivity index (χ1n) is 7.26. The fraction of sp³-hybridized carbons (Fsp3) is 0. The van der Waals surface area contributed by atoms with E-state index in [1.807, 2.05) is 0 Å². The molecule has 0 amide bonds. The Labute approximate surface area is 138 Å². The molecule has 0 unspecified atom stereocenters. The van der Waals surface area contributed by atoms with Crippen LogP contribution < -0.4 is 15.6 Å². The molecule has 5 heteroatoms. The minimum absolute atomic E-state index is 0.877. The van der Waals surface area contributed by atoms with E-state index in [-0.39, 0.29) is 0 Å². The molecule has 3 nitrogen and oxygen atoms in total. The fourth-order valence-corrected chi connectivity index (χ4v) is 4.89. The molecule has 1 radical (unpaired) electrons. The van der Waals surface area contributed by atoms with E-state index in [9.17, 15) is 0 Å². The standard InChI is InChI=1S/C18H15Si.BH3O3/c1-4-10-16(11-5-1)19(17-12-6-2-7-13-17)18-14-8-3-9-15-18;2-1(3)4/h1-15H;2-4H. The average Bonchev–Trinajstić information content (AvgIpc) is 2.58. The van der Waals surface area contributed by atoms with Gasteiger partial charge in [0, 0.05) is 0 Å². The van der Waals surface area contributed by atoms with E-state index in [4.69, 9.17) is 15.1 Å². The zero-order valence-corrected chi connectivity index (χ0v) is 13.6. The third kappa shape index (κ3) is 5.50. The summed E-state index contributed by atoms with van der Waals surface area (Å²) in [4.78, 5) is 0. The first-order chi connectivity index (χ1) is 11.2. The normalized spacial score (nSPS) is 9.91. The predicted octanol–water partition coefficient (Wildman–Crippen LogP) is 0.151. The van der Waals surface area contributed by atoms with Crippen LogP contribution in [0, 0.1) is 0 Å². The molecule has 0 atom stereocenters. The van der Waals surface area contributed by atoms with Crippen LogP contribution in [0.15, 0.2) is 91.0 Å². The Bertz CT molecular complexity index is 582. The van der Waals surface area contributed by atoms with E-state index in [1.165, 1.54) is 15.6 Å². The lowest BCUT2D eigenvalue weighted by Crippen LogP contribution is -2.51. The van der Waals surface area contributed by atoms with Crippen LogP contribution in [0.3, 0.4) is 0 Å². The Morgan fingerprint density at radius 1 is 0.478 bits per heavy atom. The lowest BCUT2D eigenvalue weighted by Gasteiger charge is -2.16. The van der Waals surface area contributed by atoms with Crippen LogP contribution in [-0.4, -0.2) is 31.2 Å². The molecule has 0 aliphatic heterocycles. The van der Waals surface area contributed by atoms with Crippen LogP contribution in [0.4, 0.5) is 0 Å². The maximum absolute atomic E-state index is 7.17. The molecule has 0 spiro atoms. The topological polar surface area (TPSA) is 60.7 Å². The van der Waals surface area contributed by atoms with Gasteiger partial charge in [0.25, 0.3) is 0 Å². The van der Waals surface area contributed by atoms with Crippen LogP contribution in [0.1, 0.15) is 0 Å². The Morgan fingerprint density at radius 3 is 0.913 bits per heavy atom. The van der Waals surface area contributed by atoms with E-state index in [1.54, 1.807) is 0 Å². The molecule has 23 heavy (non-hydrogen) atoms. The molecule has 115 valence electrons. The van der Waals surface area contributed by atoms with Gasteiger partial charge in [-0.25, -0.2) is 0 Å². The molecule has 0 saturated carbocycles. The first kappa shape index (κ1) is 17.2. The van der Waals surface area contributed by atoms with Gasteiger partial charge in [-0.05, 0) is 0 Å². The minimum atomic E-state index is -2.17. The highest BCUT2D eigenvalue weighted by Crippen LogP contribution is 1.95. The van der Waals surface area contributed by atoms with Gasteiger partial charge in [-0.2, -0.15) is 0 Å². The van der Waals surface area contributed by atoms with Crippen LogP contribution in [0.25, 0.3) is 0 Å². The summed E-state index contributed by atoms with van der Waals surface area (Å²) in [6.45, 7) is 0. The van der Waals surface area contributed by atoms with E-state index >= 15 is 0 Å². The van der Waals surface area contributed by atoms with Gasteiger partial charge in [-0.3, -0.25) is 0 Å². The highest BCUT2D eigenvalue weighted by molar-refractivity contribution is 6.95. The van der Waals surface area contributed by atoms with Crippen LogP contribution in [0.5, 0.6) is 0 Å². The lowest BCUT2D eigenvalue weighted by atomic mass is 10.3. The van der Waals surface area contributed by atoms with Crippen molar-refractivity contribution in [2.24, 2.45) is 0 Å². The van der Waals surface area contributed by atoms with Crippen molar-refractivity contribution in [1.82, 2.24) is 0 Å². The highest BCUT2D eigenvalue weighted by atomic mass is 28.3. The van der Waals surface area contributed by atoms with Crippen LogP contribution in [-0.2, 0) is 0 Å². The van der Waals surface area contributed by atoms with Gasteiger partial charge in [-0.1, -0.05) is 107 Å². The summed E-state index contributed by atoms with van der Waals surface area (Å²) >= 11 is 0. The van der Waals surface area contributed by atoms with E-state index in [0.717, 1.165) is 0 Å². The second-order valence-corrected chi connectivity index (χ2v) is 7.30. The maximum atomic E-state index is 7.17. The molecule has 0 heterocycles. The van der Waals surface area contributed by atoms with Crippen molar-refractivity contribution in [3.05, 3.63) is 91.0 Å². The summed E-state index contributed by atoms with van der Waals surface area (Å²) in [7, 11) is -3.04. The van der Waals surface area contributed by atoms with Gasteiger partial charge in [0.2, 0.25) is 0 Å². The van der Waals surface area contributed by atoms with E-state index in [0.29, 0.717) is 0 Å². The van der Waals surface area contributed by atoms with Gasteiger partial charge in [0.15, 0.2) is 8.80 Å². The molecule has 0 fully saturated rings. The largest absolute Gasteiger partial charge is 0.631 e. The van der Waals surface area contributed by atoms with Gasteiger partial charge in [0.1, 0.15) is 0 Å². The summed E-state index contributed by atoms with van der Waals surface area (Å²) in [6, 6.07) is 32.5. The van der Waals surface area contributed by atoms with Crippen LogP contribution in [0.2, 0.25) is 0 Å². The third-order valence-corrected chi connectivity index (χ3v) is 5.92. The summed E-state index contributed by atoms with van der Waals surface area (Å²) in [5.41, 5.74) is 0. The van der Waals surface area contributed by atoms with Crippen molar-refractivity contribution in [2.45, 2.75) is 0 Å². The predicted molar refractivity (Wildman–Crippen MR) is 96.4 cm³/mol. The Kier molecular flexibility index (Phi) is 6.78. The van der Waals surface area contributed by atoms with Gasteiger partial charge in [0.05, 0.1) is 0 Å². The zero-order valence-electron chi connectivity index (χ0n) is 12.6. The molecule has 0 aromatic heterocycles. The van der Waals surface area contributed by atoms with Crippen molar-refractivity contribution < 1.29 is 15.1 Å². The zero-order chi connectivity index (χ0) is 16.5. The SMILES string of the molecule is OB(O)O.c1ccc([Si](c2ccccc2)c2ccccc2)cc1. The Balaban J connectivity index is 0.000000433. The van der Waals surface area contributed by atoms with E-state index in [2.05, 4.69) is 91.0 Å². The quantitative estimate of drug-likeness (QED) is 0.475. The van der Waals surface area contributed by atoms with E-state index < -0.39 is 16.1 Å². The van der Waals surface area contributed by atoms with Gasteiger partial charge < -0.3 is 15.1 Å². The van der Waals surface area contributed by atoms with Gasteiger partial charge >= 0.3 is 7.32 Å². The number of hydrogen-bond acceptors (Lipinski definition) is 3. The second kappa shape index (κ2) is 9.07. The average molecular weight is 321 g/mol. The smallest absolute Gasteiger partial charge is 0.402 e. The van der Waals surface area contributed by atoms with Crippen molar-refractivity contribution in [2.75, 3.05) is 0 Å². The molecule has 0 aliphatic rings. The highest BCUT2D eigenvalue weighted by Gasteiger charge is 2.18. The second-order valence-electron chi connectivity index (χ2n) is 4.82. The molecular weight excluding hydrogens is 303 g/mol. The molecule has 3 aromatic rings. The molecule has 0 aliphatic carbocycles. The van der Waals surface area contributed by atoms with Crippen molar-refractivity contribution in [3.8, 4) is 0 Å². The lowest BCUT2D eigenvalue weighted by molar-refractivity contribution is 0.278. The Hall–Kier alpha value is -2.18. The molecule has 3 aromatic carbocycles. The molecule has 0 saturated heterocycles. The summed E-state index contributed by atoms with van der Waals surface area (Å²) in [5, 5.41) is 25.8. The van der Waals surface area contributed by atoms with Crippen molar-refractivity contribution >= 4 is 31.7 Å². The number of hydrogen-bond donors (Lipinski definition) is 3. The first-order valence-corrected chi connectivity index (χ1v) is 8.76.